The van der Waals surface area contributed by atoms with Gasteiger partial charge in [-0.15, -0.1) is 0 Å². The summed E-state index contributed by atoms with van der Waals surface area (Å²) >= 11 is 0. The summed E-state index contributed by atoms with van der Waals surface area (Å²) in [6.07, 6.45) is 6.84. The van der Waals surface area contributed by atoms with Crippen LogP contribution in [0.4, 0.5) is 0 Å². The SMILES string of the molecule is CNC(=O)C(NC(=O)c1ccc(-c2ccc(OCc3cccc(C)c3)cn2)o1)C1CCCCC1. The Hall–Kier alpha value is -3.61. The molecule has 2 N–H and O–H groups in total. The van der Waals surface area contributed by atoms with Crippen LogP contribution in [0.2, 0.25) is 0 Å². The van der Waals surface area contributed by atoms with E-state index in [0.29, 0.717) is 23.8 Å². The van der Waals surface area contributed by atoms with Gasteiger partial charge in [-0.2, -0.15) is 0 Å². The molecule has 1 aliphatic rings. The van der Waals surface area contributed by atoms with E-state index >= 15 is 0 Å². The Kier molecular flexibility index (Phi) is 7.62. The van der Waals surface area contributed by atoms with E-state index in [1.165, 1.54) is 12.0 Å². The van der Waals surface area contributed by atoms with Crippen LogP contribution in [0.3, 0.4) is 0 Å². The first-order valence-electron chi connectivity index (χ1n) is 11.8. The van der Waals surface area contributed by atoms with Crippen molar-refractivity contribution in [2.45, 2.75) is 51.7 Å². The van der Waals surface area contributed by atoms with Crippen molar-refractivity contribution in [1.29, 1.82) is 0 Å². The lowest BCUT2D eigenvalue weighted by Gasteiger charge is -2.29. The van der Waals surface area contributed by atoms with Crippen molar-refractivity contribution in [2.75, 3.05) is 7.05 Å². The third-order valence-electron chi connectivity index (χ3n) is 6.24. The number of carbonyl (C=O) groups is 2. The van der Waals surface area contributed by atoms with Gasteiger partial charge in [0.1, 0.15) is 24.1 Å². The predicted molar refractivity (Wildman–Crippen MR) is 129 cm³/mol. The zero-order valence-corrected chi connectivity index (χ0v) is 19.7. The Morgan fingerprint density at radius 1 is 1.12 bits per heavy atom. The van der Waals surface area contributed by atoms with Gasteiger partial charge in [-0.05, 0) is 55.5 Å². The summed E-state index contributed by atoms with van der Waals surface area (Å²) in [4.78, 5) is 29.7. The Morgan fingerprint density at radius 3 is 2.65 bits per heavy atom. The molecule has 178 valence electrons. The molecule has 2 amide bonds. The first kappa shape index (κ1) is 23.5. The van der Waals surface area contributed by atoms with E-state index in [2.05, 4.69) is 21.7 Å². The topological polar surface area (TPSA) is 93.5 Å². The van der Waals surface area contributed by atoms with Gasteiger partial charge in [0.25, 0.3) is 5.91 Å². The summed E-state index contributed by atoms with van der Waals surface area (Å²) in [5, 5.41) is 5.55. The van der Waals surface area contributed by atoms with Crippen molar-refractivity contribution >= 4 is 11.8 Å². The molecule has 7 nitrogen and oxygen atoms in total. The van der Waals surface area contributed by atoms with Crippen LogP contribution in [0.25, 0.3) is 11.5 Å². The number of hydrogen-bond acceptors (Lipinski definition) is 5. The molecule has 2 aromatic heterocycles. The molecular weight excluding hydrogens is 430 g/mol. The number of amides is 2. The third-order valence-corrected chi connectivity index (χ3v) is 6.24. The second kappa shape index (κ2) is 11.0. The summed E-state index contributed by atoms with van der Waals surface area (Å²) in [5.41, 5.74) is 2.87. The van der Waals surface area contributed by atoms with Crippen LogP contribution in [-0.4, -0.2) is 29.9 Å². The van der Waals surface area contributed by atoms with Gasteiger partial charge in [0, 0.05) is 7.05 Å². The molecular formula is C27H31N3O4. The molecule has 0 aliphatic heterocycles. The second-order valence-corrected chi connectivity index (χ2v) is 8.78. The molecule has 1 fully saturated rings. The predicted octanol–water partition coefficient (Wildman–Crippen LogP) is 4.65. The van der Waals surface area contributed by atoms with E-state index in [0.717, 1.165) is 31.2 Å². The highest BCUT2D eigenvalue weighted by Crippen LogP contribution is 2.27. The molecule has 1 atom stereocenters. The number of aryl methyl sites for hydroxylation is 1. The highest BCUT2D eigenvalue weighted by atomic mass is 16.5. The first-order valence-corrected chi connectivity index (χ1v) is 11.8. The number of pyridine rings is 1. The smallest absolute Gasteiger partial charge is 0.287 e. The van der Waals surface area contributed by atoms with Crippen molar-refractivity contribution in [3.63, 3.8) is 0 Å². The molecule has 0 bridgehead atoms. The van der Waals surface area contributed by atoms with E-state index in [-0.39, 0.29) is 17.6 Å². The first-order chi connectivity index (χ1) is 16.5. The van der Waals surface area contributed by atoms with Crippen molar-refractivity contribution in [1.82, 2.24) is 15.6 Å². The average Bonchev–Trinajstić information content (AvgIpc) is 3.37. The van der Waals surface area contributed by atoms with Crippen molar-refractivity contribution < 1.29 is 18.7 Å². The second-order valence-electron chi connectivity index (χ2n) is 8.78. The number of rotatable bonds is 8. The van der Waals surface area contributed by atoms with Gasteiger partial charge < -0.3 is 19.8 Å². The van der Waals surface area contributed by atoms with Gasteiger partial charge in [0.15, 0.2) is 11.5 Å². The zero-order valence-electron chi connectivity index (χ0n) is 19.7. The number of furan rings is 1. The molecule has 0 radical (unpaired) electrons. The molecule has 34 heavy (non-hydrogen) atoms. The fraction of sp³-hybridized carbons (Fsp3) is 0.370. The molecule has 2 heterocycles. The van der Waals surface area contributed by atoms with Crippen molar-refractivity contribution in [3.8, 4) is 17.2 Å². The van der Waals surface area contributed by atoms with Crippen LogP contribution in [0.5, 0.6) is 5.75 Å². The highest BCUT2D eigenvalue weighted by Gasteiger charge is 2.31. The molecule has 3 aromatic rings. The fourth-order valence-corrected chi connectivity index (χ4v) is 4.41. The number of hydrogen-bond donors (Lipinski definition) is 2. The van der Waals surface area contributed by atoms with Gasteiger partial charge in [-0.25, -0.2) is 4.98 Å². The van der Waals surface area contributed by atoms with Crippen LogP contribution in [0.1, 0.15) is 53.8 Å². The number of aromatic nitrogens is 1. The minimum absolute atomic E-state index is 0.140. The van der Waals surface area contributed by atoms with E-state index in [1.54, 1.807) is 31.4 Å². The lowest BCUT2D eigenvalue weighted by molar-refractivity contribution is -0.124. The summed E-state index contributed by atoms with van der Waals surface area (Å²) in [6, 6.07) is 14.5. The Balaban J connectivity index is 1.38. The normalized spacial score (nSPS) is 14.9. The Labute approximate surface area is 199 Å². The quantitative estimate of drug-likeness (QED) is 0.509. The molecule has 1 unspecified atom stereocenters. The summed E-state index contributed by atoms with van der Waals surface area (Å²) in [6.45, 7) is 2.51. The number of nitrogens with one attached hydrogen (secondary N) is 2. The highest BCUT2D eigenvalue weighted by molar-refractivity contribution is 5.96. The lowest BCUT2D eigenvalue weighted by Crippen LogP contribution is -2.50. The van der Waals surface area contributed by atoms with Gasteiger partial charge in [-0.1, -0.05) is 49.1 Å². The van der Waals surface area contributed by atoms with Gasteiger partial charge in [-0.3, -0.25) is 9.59 Å². The Morgan fingerprint density at radius 2 is 1.94 bits per heavy atom. The summed E-state index contributed by atoms with van der Waals surface area (Å²) < 4.78 is 11.6. The van der Waals surface area contributed by atoms with E-state index in [9.17, 15) is 9.59 Å². The average molecular weight is 462 g/mol. The minimum atomic E-state index is -0.561. The Bertz CT molecular complexity index is 1120. The number of carbonyl (C=O) groups excluding carboxylic acids is 2. The summed E-state index contributed by atoms with van der Waals surface area (Å²) in [7, 11) is 1.59. The van der Waals surface area contributed by atoms with Crippen molar-refractivity contribution in [2.24, 2.45) is 5.92 Å². The van der Waals surface area contributed by atoms with Crippen LogP contribution < -0.4 is 15.4 Å². The molecule has 7 heteroatoms. The number of likely N-dealkylation sites (N-methyl/N-ethyl adjacent to an activating group) is 1. The largest absolute Gasteiger partial charge is 0.487 e. The van der Waals surface area contributed by atoms with Crippen molar-refractivity contribution in [3.05, 3.63) is 71.6 Å². The maximum absolute atomic E-state index is 12.8. The lowest BCUT2D eigenvalue weighted by atomic mass is 9.83. The van der Waals surface area contributed by atoms with E-state index in [1.807, 2.05) is 31.2 Å². The van der Waals surface area contributed by atoms with E-state index in [4.69, 9.17) is 9.15 Å². The maximum Gasteiger partial charge on any atom is 0.287 e. The molecule has 0 spiro atoms. The summed E-state index contributed by atoms with van der Waals surface area (Å²) in [5.74, 6) is 0.848. The van der Waals surface area contributed by atoms with Gasteiger partial charge in [0.2, 0.25) is 5.91 Å². The zero-order chi connectivity index (χ0) is 23.9. The van der Waals surface area contributed by atoms with Crippen LogP contribution >= 0.6 is 0 Å². The van der Waals surface area contributed by atoms with Crippen LogP contribution in [0, 0.1) is 12.8 Å². The monoisotopic (exact) mass is 461 g/mol. The molecule has 1 aliphatic carbocycles. The van der Waals surface area contributed by atoms with Crippen LogP contribution in [0.15, 0.2) is 59.1 Å². The van der Waals surface area contributed by atoms with E-state index < -0.39 is 11.9 Å². The molecule has 4 rings (SSSR count). The number of benzene rings is 1. The fourth-order valence-electron chi connectivity index (χ4n) is 4.41. The molecule has 0 saturated heterocycles. The molecule has 1 aromatic carbocycles. The maximum atomic E-state index is 12.8. The third kappa shape index (κ3) is 5.84. The number of nitrogens with zero attached hydrogens (tertiary/aromatic N) is 1. The van der Waals surface area contributed by atoms with Gasteiger partial charge in [0.05, 0.1) is 6.20 Å². The minimum Gasteiger partial charge on any atom is -0.487 e. The standard InChI is InChI=1S/C27H31N3O4/c1-18-7-6-8-19(15-18)17-33-21-11-12-22(29-16-21)23-13-14-24(34-23)26(31)30-25(27(32)28-2)20-9-4-3-5-10-20/h6-8,11-16,20,25H,3-5,9-10,17H2,1-2H3,(H,28,32)(H,30,31). The molecule has 1 saturated carbocycles. The van der Waals surface area contributed by atoms with Gasteiger partial charge >= 0.3 is 0 Å². The number of ether oxygens (including phenoxy) is 1. The van der Waals surface area contributed by atoms with Crippen LogP contribution in [-0.2, 0) is 11.4 Å².